The number of sulfonamides is 1. The maximum atomic E-state index is 13.4. The summed E-state index contributed by atoms with van der Waals surface area (Å²) in [6, 6.07) is 9.53. The molecule has 0 aromatic heterocycles. The van der Waals surface area contributed by atoms with E-state index in [1.165, 1.54) is 27.4 Å². The van der Waals surface area contributed by atoms with Gasteiger partial charge in [-0.05, 0) is 70.0 Å². The number of rotatable bonds is 4. The molecule has 0 saturated carbocycles. The van der Waals surface area contributed by atoms with Crippen LogP contribution in [0.3, 0.4) is 0 Å². The fourth-order valence-corrected chi connectivity index (χ4v) is 5.00. The Labute approximate surface area is 189 Å². The second-order valence-electron chi connectivity index (χ2n) is 8.93. The van der Waals surface area contributed by atoms with Gasteiger partial charge in [-0.3, -0.25) is 0 Å². The SMILES string of the molecule is Cc1cc(C)cc(Oc2cc(O)ccc2S(=O)(=O)N2CCN(C(=O)OC(C)(C)C)CC2)c1. The van der Waals surface area contributed by atoms with Crippen molar-refractivity contribution in [2.75, 3.05) is 26.2 Å². The minimum absolute atomic E-state index is 0.0415. The molecule has 2 aromatic rings. The molecule has 2 aromatic carbocycles. The van der Waals surface area contributed by atoms with Crippen molar-refractivity contribution in [1.29, 1.82) is 0 Å². The van der Waals surface area contributed by atoms with Gasteiger partial charge in [-0.1, -0.05) is 6.07 Å². The van der Waals surface area contributed by atoms with E-state index in [1.807, 2.05) is 19.9 Å². The van der Waals surface area contributed by atoms with Crippen LogP contribution in [0.4, 0.5) is 4.79 Å². The number of benzene rings is 2. The van der Waals surface area contributed by atoms with Gasteiger partial charge in [0.25, 0.3) is 0 Å². The van der Waals surface area contributed by atoms with Crippen molar-refractivity contribution in [2.24, 2.45) is 0 Å². The molecule has 32 heavy (non-hydrogen) atoms. The molecule has 1 fully saturated rings. The minimum Gasteiger partial charge on any atom is -0.508 e. The Balaban J connectivity index is 1.81. The van der Waals surface area contributed by atoms with Crippen LogP contribution in [0.2, 0.25) is 0 Å². The molecule has 174 valence electrons. The van der Waals surface area contributed by atoms with E-state index < -0.39 is 21.7 Å². The number of phenols is 1. The lowest BCUT2D eigenvalue weighted by molar-refractivity contribution is 0.0192. The molecule has 3 rings (SSSR count). The maximum absolute atomic E-state index is 13.4. The molecule has 1 aliphatic rings. The second kappa shape index (κ2) is 8.99. The van der Waals surface area contributed by atoms with E-state index in [1.54, 1.807) is 32.9 Å². The molecule has 0 bridgehead atoms. The van der Waals surface area contributed by atoms with Crippen molar-refractivity contribution in [2.45, 2.75) is 45.1 Å². The van der Waals surface area contributed by atoms with Crippen molar-refractivity contribution in [3.63, 3.8) is 0 Å². The van der Waals surface area contributed by atoms with Crippen molar-refractivity contribution >= 4 is 16.1 Å². The monoisotopic (exact) mass is 462 g/mol. The molecular formula is C23H30N2O6S. The van der Waals surface area contributed by atoms with Gasteiger partial charge in [-0.2, -0.15) is 4.31 Å². The van der Waals surface area contributed by atoms with Crippen LogP contribution >= 0.6 is 0 Å². The summed E-state index contributed by atoms with van der Waals surface area (Å²) in [6.45, 7) is 9.90. The molecule has 0 aliphatic carbocycles. The molecule has 1 N–H and O–H groups in total. The van der Waals surface area contributed by atoms with Gasteiger partial charge in [0.15, 0.2) is 5.75 Å². The van der Waals surface area contributed by atoms with E-state index >= 15 is 0 Å². The third-order valence-corrected chi connectivity index (χ3v) is 6.80. The Hall–Kier alpha value is -2.78. The lowest BCUT2D eigenvalue weighted by Crippen LogP contribution is -2.51. The van der Waals surface area contributed by atoms with Gasteiger partial charge >= 0.3 is 6.09 Å². The molecular weight excluding hydrogens is 432 g/mol. The molecule has 1 amide bonds. The summed E-state index contributed by atoms with van der Waals surface area (Å²) >= 11 is 0. The van der Waals surface area contributed by atoms with Gasteiger partial charge in [0.2, 0.25) is 10.0 Å². The number of phenolic OH excluding ortho intramolecular Hbond substituents is 1. The van der Waals surface area contributed by atoms with Gasteiger partial charge in [0.1, 0.15) is 22.0 Å². The van der Waals surface area contributed by atoms with E-state index in [9.17, 15) is 18.3 Å². The highest BCUT2D eigenvalue weighted by Gasteiger charge is 2.33. The highest BCUT2D eigenvalue weighted by atomic mass is 32.2. The Morgan fingerprint density at radius 1 is 0.969 bits per heavy atom. The van der Waals surface area contributed by atoms with Gasteiger partial charge in [-0.15, -0.1) is 0 Å². The van der Waals surface area contributed by atoms with Crippen molar-refractivity contribution < 1.29 is 27.8 Å². The number of ether oxygens (including phenoxy) is 2. The quantitative estimate of drug-likeness (QED) is 0.737. The maximum Gasteiger partial charge on any atom is 0.410 e. The number of hydrogen-bond acceptors (Lipinski definition) is 6. The highest BCUT2D eigenvalue weighted by molar-refractivity contribution is 7.89. The zero-order valence-electron chi connectivity index (χ0n) is 19.1. The third kappa shape index (κ3) is 5.72. The summed E-state index contributed by atoms with van der Waals surface area (Å²) in [5.74, 6) is 0.432. The van der Waals surface area contributed by atoms with Crippen LogP contribution in [0, 0.1) is 13.8 Å². The Morgan fingerprint density at radius 2 is 1.56 bits per heavy atom. The molecule has 0 spiro atoms. The zero-order chi connectivity index (χ0) is 23.7. The van der Waals surface area contributed by atoms with Crippen molar-refractivity contribution in [1.82, 2.24) is 9.21 Å². The number of aryl methyl sites for hydroxylation is 2. The number of carbonyl (C=O) groups is 1. The summed E-state index contributed by atoms with van der Waals surface area (Å²) in [6.07, 6.45) is -0.460. The predicted octanol–water partition coefficient (Wildman–Crippen LogP) is 4.04. The molecule has 1 aliphatic heterocycles. The Kier molecular flexibility index (Phi) is 6.71. The third-order valence-electron chi connectivity index (χ3n) is 4.86. The lowest BCUT2D eigenvalue weighted by atomic mass is 10.1. The summed E-state index contributed by atoms with van der Waals surface area (Å²) in [5, 5.41) is 9.94. The smallest absolute Gasteiger partial charge is 0.410 e. The van der Waals surface area contributed by atoms with Gasteiger partial charge in [0.05, 0.1) is 0 Å². The average Bonchev–Trinajstić information content (AvgIpc) is 2.66. The van der Waals surface area contributed by atoms with Crippen LogP contribution in [0.5, 0.6) is 17.2 Å². The van der Waals surface area contributed by atoms with Crippen LogP contribution in [0.1, 0.15) is 31.9 Å². The average molecular weight is 463 g/mol. The Bertz CT molecular complexity index is 1080. The molecule has 0 atom stereocenters. The second-order valence-corrected chi connectivity index (χ2v) is 10.8. The number of amides is 1. The number of carbonyl (C=O) groups excluding carboxylic acids is 1. The molecule has 1 saturated heterocycles. The van der Waals surface area contributed by atoms with Crippen LogP contribution in [0.15, 0.2) is 41.3 Å². The fraction of sp³-hybridized carbons (Fsp3) is 0.435. The molecule has 0 radical (unpaired) electrons. The van der Waals surface area contributed by atoms with Crippen molar-refractivity contribution in [3.05, 3.63) is 47.5 Å². The zero-order valence-corrected chi connectivity index (χ0v) is 19.9. The number of aromatic hydroxyl groups is 1. The van der Waals surface area contributed by atoms with E-state index in [0.29, 0.717) is 5.75 Å². The molecule has 0 unspecified atom stereocenters. The first-order chi connectivity index (χ1) is 14.8. The predicted molar refractivity (Wildman–Crippen MR) is 121 cm³/mol. The van der Waals surface area contributed by atoms with E-state index in [-0.39, 0.29) is 42.6 Å². The Morgan fingerprint density at radius 3 is 2.12 bits per heavy atom. The largest absolute Gasteiger partial charge is 0.508 e. The van der Waals surface area contributed by atoms with Crippen LogP contribution in [-0.2, 0) is 14.8 Å². The van der Waals surface area contributed by atoms with Gasteiger partial charge in [-0.25, -0.2) is 13.2 Å². The van der Waals surface area contributed by atoms with Gasteiger partial charge < -0.3 is 19.5 Å². The number of hydrogen-bond donors (Lipinski definition) is 1. The van der Waals surface area contributed by atoms with E-state index in [0.717, 1.165) is 11.1 Å². The minimum atomic E-state index is -3.92. The molecule has 1 heterocycles. The first kappa shape index (κ1) is 23.9. The number of nitrogens with zero attached hydrogens (tertiary/aromatic N) is 2. The number of piperazine rings is 1. The first-order valence-electron chi connectivity index (χ1n) is 10.4. The van der Waals surface area contributed by atoms with Crippen LogP contribution < -0.4 is 4.74 Å². The van der Waals surface area contributed by atoms with Crippen LogP contribution in [-0.4, -0.2) is 60.6 Å². The normalized spacial score (nSPS) is 15.5. The standard InChI is InChI=1S/C23H30N2O6S/c1-16-12-17(2)14-19(13-16)30-20-15-18(26)6-7-21(20)32(28,29)25-10-8-24(9-11-25)22(27)31-23(3,4)5/h6-7,12-15,26H,8-11H2,1-5H3. The highest BCUT2D eigenvalue weighted by Crippen LogP contribution is 2.34. The lowest BCUT2D eigenvalue weighted by Gasteiger charge is -2.35. The first-order valence-corrected chi connectivity index (χ1v) is 11.9. The van der Waals surface area contributed by atoms with Crippen LogP contribution in [0.25, 0.3) is 0 Å². The topological polar surface area (TPSA) is 96.4 Å². The van der Waals surface area contributed by atoms with E-state index in [2.05, 4.69) is 0 Å². The van der Waals surface area contributed by atoms with Gasteiger partial charge in [0, 0.05) is 32.2 Å². The molecule has 9 heteroatoms. The summed E-state index contributed by atoms with van der Waals surface area (Å²) < 4.78 is 39.3. The summed E-state index contributed by atoms with van der Waals surface area (Å²) in [5.41, 5.74) is 1.33. The summed E-state index contributed by atoms with van der Waals surface area (Å²) in [7, 11) is -3.92. The summed E-state index contributed by atoms with van der Waals surface area (Å²) in [4.78, 5) is 13.7. The molecule has 8 nitrogen and oxygen atoms in total. The fourth-order valence-electron chi connectivity index (χ4n) is 3.49. The van der Waals surface area contributed by atoms with Crippen molar-refractivity contribution in [3.8, 4) is 17.2 Å². The van der Waals surface area contributed by atoms with E-state index in [4.69, 9.17) is 9.47 Å².